The predicted molar refractivity (Wildman–Crippen MR) is 118 cm³/mol. The molecule has 0 aliphatic carbocycles. The Morgan fingerprint density at radius 2 is 1.83 bits per heavy atom. The molecule has 0 saturated carbocycles. The predicted octanol–water partition coefficient (Wildman–Crippen LogP) is 5.02. The Bertz CT molecular complexity index is 982. The van der Waals surface area contributed by atoms with Gasteiger partial charge in [-0.3, -0.25) is 15.1 Å². The van der Waals surface area contributed by atoms with Crippen molar-refractivity contribution >= 4 is 21.6 Å². The highest BCUT2D eigenvalue weighted by molar-refractivity contribution is 9.10. The third-order valence-electron chi connectivity index (χ3n) is 4.32. The van der Waals surface area contributed by atoms with Gasteiger partial charge in [0.25, 0.3) is 5.69 Å². The van der Waals surface area contributed by atoms with Crippen LogP contribution in [0.4, 0.5) is 5.69 Å². The lowest BCUT2D eigenvalue weighted by atomic mass is 10.2. The number of ether oxygens (including phenoxy) is 2. The SMILES string of the molecule is CCOc1cc(CNCc2cccnc2)c(Br)cc1OCc1ccc([N+](=O)[O-])cc1. The summed E-state index contributed by atoms with van der Waals surface area (Å²) in [4.78, 5) is 14.5. The first kappa shape index (κ1) is 21.7. The topological polar surface area (TPSA) is 86.5 Å². The minimum Gasteiger partial charge on any atom is -0.490 e. The number of non-ortho nitro benzene ring substituents is 1. The molecule has 0 aliphatic heterocycles. The Hall–Kier alpha value is -2.97. The van der Waals surface area contributed by atoms with E-state index in [0.717, 1.165) is 21.2 Å². The Morgan fingerprint density at radius 3 is 2.50 bits per heavy atom. The Balaban J connectivity index is 1.66. The fourth-order valence-electron chi connectivity index (χ4n) is 2.81. The Morgan fingerprint density at radius 1 is 1.07 bits per heavy atom. The molecule has 0 aliphatic rings. The van der Waals surface area contributed by atoms with Crippen molar-refractivity contribution in [2.24, 2.45) is 0 Å². The average Bonchev–Trinajstić information content (AvgIpc) is 2.76. The van der Waals surface area contributed by atoms with Gasteiger partial charge in [0.2, 0.25) is 0 Å². The quantitative estimate of drug-likeness (QED) is 0.330. The summed E-state index contributed by atoms with van der Waals surface area (Å²) < 4.78 is 12.6. The van der Waals surface area contributed by atoms with Crippen molar-refractivity contribution in [1.82, 2.24) is 10.3 Å². The molecule has 1 N–H and O–H groups in total. The number of nitro benzene ring substituents is 1. The van der Waals surface area contributed by atoms with Gasteiger partial charge in [0.05, 0.1) is 11.5 Å². The van der Waals surface area contributed by atoms with Crippen molar-refractivity contribution in [3.8, 4) is 11.5 Å². The number of benzene rings is 2. The van der Waals surface area contributed by atoms with E-state index in [2.05, 4.69) is 26.2 Å². The number of nitro groups is 1. The van der Waals surface area contributed by atoms with E-state index in [9.17, 15) is 10.1 Å². The fraction of sp³-hybridized carbons (Fsp3) is 0.227. The van der Waals surface area contributed by atoms with E-state index in [-0.39, 0.29) is 12.3 Å². The van der Waals surface area contributed by atoms with Crippen molar-refractivity contribution in [1.29, 1.82) is 0 Å². The van der Waals surface area contributed by atoms with Crippen molar-refractivity contribution in [3.63, 3.8) is 0 Å². The van der Waals surface area contributed by atoms with Gasteiger partial charge in [-0.05, 0) is 53.9 Å². The number of rotatable bonds is 10. The lowest BCUT2D eigenvalue weighted by Gasteiger charge is -2.15. The molecule has 30 heavy (non-hydrogen) atoms. The molecular formula is C22H22BrN3O4. The van der Waals surface area contributed by atoms with E-state index in [1.54, 1.807) is 18.3 Å². The van der Waals surface area contributed by atoms with Gasteiger partial charge >= 0.3 is 0 Å². The number of halogens is 1. The monoisotopic (exact) mass is 471 g/mol. The van der Waals surface area contributed by atoms with Crippen LogP contribution in [0.2, 0.25) is 0 Å². The molecule has 0 spiro atoms. The second kappa shape index (κ2) is 10.7. The van der Waals surface area contributed by atoms with Crippen LogP contribution < -0.4 is 14.8 Å². The van der Waals surface area contributed by atoms with E-state index in [1.165, 1.54) is 12.1 Å². The summed E-state index contributed by atoms with van der Waals surface area (Å²) in [6.07, 6.45) is 3.59. The molecule has 8 heteroatoms. The fourth-order valence-corrected chi connectivity index (χ4v) is 3.28. The van der Waals surface area contributed by atoms with E-state index in [0.29, 0.717) is 31.2 Å². The number of hydrogen-bond donors (Lipinski definition) is 1. The standard InChI is InChI=1S/C22H22BrN3O4/c1-2-29-21-10-18(14-25-13-17-4-3-9-24-12-17)20(23)11-22(21)30-15-16-5-7-19(8-6-16)26(27)28/h3-12,25H,2,13-15H2,1H3. The number of hydrogen-bond acceptors (Lipinski definition) is 6. The molecule has 0 fully saturated rings. The second-order valence-electron chi connectivity index (χ2n) is 6.50. The van der Waals surface area contributed by atoms with Crippen molar-refractivity contribution in [3.05, 3.63) is 92.2 Å². The largest absolute Gasteiger partial charge is 0.490 e. The van der Waals surface area contributed by atoms with E-state index >= 15 is 0 Å². The zero-order chi connectivity index (χ0) is 21.3. The molecule has 2 aromatic carbocycles. The summed E-state index contributed by atoms with van der Waals surface area (Å²) in [6, 6.07) is 14.1. The normalized spacial score (nSPS) is 10.6. The third kappa shape index (κ3) is 6.01. The van der Waals surface area contributed by atoms with Gasteiger partial charge in [-0.1, -0.05) is 22.0 Å². The molecule has 3 rings (SSSR count). The van der Waals surface area contributed by atoms with Gasteiger partial charge in [0.1, 0.15) is 6.61 Å². The molecule has 1 heterocycles. The zero-order valence-electron chi connectivity index (χ0n) is 16.5. The van der Waals surface area contributed by atoms with E-state index in [1.807, 2.05) is 37.4 Å². The number of nitrogens with one attached hydrogen (secondary N) is 1. The zero-order valence-corrected chi connectivity index (χ0v) is 18.1. The van der Waals surface area contributed by atoms with Gasteiger partial charge in [0.15, 0.2) is 11.5 Å². The van der Waals surface area contributed by atoms with Crippen LogP contribution in [0.1, 0.15) is 23.6 Å². The smallest absolute Gasteiger partial charge is 0.269 e. The summed E-state index contributed by atoms with van der Waals surface area (Å²) in [5, 5.41) is 14.2. The highest BCUT2D eigenvalue weighted by atomic mass is 79.9. The van der Waals surface area contributed by atoms with Crippen molar-refractivity contribution < 1.29 is 14.4 Å². The molecule has 156 valence electrons. The third-order valence-corrected chi connectivity index (χ3v) is 5.06. The van der Waals surface area contributed by atoms with Crippen LogP contribution in [0.3, 0.4) is 0 Å². The Kier molecular flexibility index (Phi) is 7.75. The molecule has 7 nitrogen and oxygen atoms in total. The minimum atomic E-state index is -0.421. The highest BCUT2D eigenvalue weighted by Gasteiger charge is 2.12. The molecule has 0 radical (unpaired) electrons. The molecule has 0 bridgehead atoms. The van der Waals surface area contributed by atoms with Crippen LogP contribution in [0.5, 0.6) is 11.5 Å². The summed E-state index contributed by atoms with van der Waals surface area (Å²) in [5.41, 5.74) is 3.05. The van der Waals surface area contributed by atoms with Crippen molar-refractivity contribution in [2.75, 3.05) is 6.61 Å². The van der Waals surface area contributed by atoms with Gasteiger partial charge in [-0.25, -0.2) is 0 Å². The second-order valence-corrected chi connectivity index (χ2v) is 7.35. The minimum absolute atomic E-state index is 0.0552. The van der Waals surface area contributed by atoms with Gasteiger partial charge in [0, 0.05) is 42.1 Å². The summed E-state index contributed by atoms with van der Waals surface area (Å²) in [5.74, 6) is 1.26. The molecule has 0 unspecified atom stereocenters. The van der Waals surface area contributed by atoms with Gasteiger partial charge < -0.3 is 14.8 Å². The van der Waals surface area contributed by atoms with Crippen LogP contribution in [-0.2, 0) is 19.7 Å². The van der Waals surface area contributed by atoms with E-state index < -0.39 is 4.92 Å². The lowest BCUT2D eigenvalue weighted by Crippen LogP contribution is -2.13. The maximum atomic E-state index is 10.8. The highest BCUT2D eigenvalue weighted by Crippen LogP contribution is 2.34. The average molecular weight is 472 g/mol. The number of pyridine rings is 1. The van der Waals surface area contributed by atoms with Crippen LogP contribution in [0.25, 0.3) is 0 Å². The van der Waals surface area contributed by atoms with Gasteiger partial charge in [-0.15, -0.1) is 0 Å². The Labute approximate surface area is 183 Å². The van der Waals surface area contributed by atoms with E-state index in [4.69, 9.17) is 9.47 Å². The maximum absolute atomic E-state index is 10.8. The van der Waals surface area contributed by atoms with Crippen LogP contribution in [0.15, 0.2) is 65.4 Å². The molecular weight excluding hydrogens is 450 g/mol. The summed E-state index contributed by atoms with van der Waals surface area (Å²) in [6.45, 7) is 4.07. The molecule has 3 aromatic rings. The maximum Gasteiger partial charge on any atom is 0.269 e. The molecule has 0 atom stereocenters. The summed E-state index contributed by atoms with van der Waals surface area (Å²) >= 11 is 3.61. The number of aromatic nitrogens is 1. The summed E-state index contributed by atoms with van der Waals surface area (Å²) in [7, 11) is 0. The van der Waals surface area contributed by atoms with Gasteiger partial charge in [-0.2, -0.15) is 0 Å². The van der Waals surface area contributed by atoms with Crippen LogP contribution in [-0.4, -0.2) is 16.5 Å². The van der Waals surface area contributed by atoms with Crippen LogP contribution in [0, 0.1) is 10.1 Å². The van der Waals surface area contributed by atoms with Crippen molar-refractivity contribution in [2.45, 2.75) is 26.6 Å². The molecule has 0 saturated heterocycles. The first-order valence-corrected chi connectivity index (χ1v) is 10.3. The molecule has 1 aromatic heterocycles. The lowest BCUT2D eigenvalue weighted by molar-refractivity contribution is -0.384. The molecule has 0 amide bonds. The first-order valence-electron chi connectivity index (χ1n) is 9.47. The van der Waals surface area contributed by atoms with Crippen LogP contribution >= 0.6 is 15.9 Å². The number of nitrogens with zero attached hydrogens (tertiary/aromatic N) is 2. The first-order chi connectivity index (χ1) is 14.6.